The number of benzene rings is 1. The number of carbonyl (C=O) groups is 1. The fraction of sp³-hybridized carbons (Fsp3) is 0.348. The molecule has 0 aliphatic heterocycles. The molecule has 29 heavy (non-hydrogen) atoms. The number of urea groups is 1. The van der Waals surface area contributed by atoms with Gasteiger partial charge in [0.1, 0.15) is 0 Å². The average molecular weight is 390 g/mol. The summed E-state index contributed by atoms with van der Waals surface area (Å²) in [6.07, 6.45) is 8.53. The van der Waals surface area contributed by atoms with Crippen molar-refractivity contribution < 1.29 is 4.79 Å². The van der Waals surface area contributed by atoms with Crippen molar-refractivity contribution in [2.45, 2.75) is 45.3 Å². The van der Waals surface area contributed by atoms with Gasteiger partial charge in [-0.15, -0.1) is 0 Å². The summed E-state index contributed by atoms with van der Waals surface area (Å²) in [7, 11) is 1.91. The Hall–Kier alpha value is -3.15. The zero-order chi connectivity index (χ0) is 20.2. The van der Waals surface area contributed by atoms with E-state index in [9.17, 15) is 4.79 Å². The van der Waals surface area contributed by atoms with Gasteiger partial charge in [-0.1, -0.05) is 30.3 Å². The third-order valence-electron chi connectivity index (χ3n) is 5.82. The van der Waals surface area contributed by atoms with Gasteiger partial charge in [-0.3, -0.25) is 9.67 Å². The number of pyridine rings is 1. The van der Waals surface area contributed by atoms with E-state index in [0.29, 0.717) is 13.1 Å². The number of hydrogen-bond acceptors (Lipinski definition) is 3. The molecule has 0 saturated carbocycles. The van der Waals surface area contributed by atoms with E-state index >= 15 is 0 Å². The number of aromatic nitrogens is 3. The van der Waals surface area contributed by atoms with Crippen LogP contribution in [0.25, 0.3) is 0 Å². The number of amides is 2. The van der Waals surface area contributed by atoms with Gasteiger partial charge in [0.15, 0.2) is 0 Å². The zero-order valence-electron chi connectivity index (χ0n) is 17.0. The molecule has 6 nitrogen and oxygen atoms in total. The Bertz CT molecular complexity index is 982. The largest absolute Gasteiger partial charge is 0.334 e. The molecule has 1 atom stereocenters. The lowest BCUT2D eigenvalue weighted by molar-refractivity contribution is 0.162. The predicted molar refractivity (Wildman–Crippen MR) is 112 cm³/mol. The summed E-state index contributed by atoms with van der Waals surface area (Å²) in [4.78, 5) is 19.5. The van der Waals surface area contributed by atoms with Crippen LogP contribution in [-0.2, 0) is 26.6 Å². The van der Waals surface area contributed by atoms with Gasteiger partial charge in [0.2, 0.25) is 0 Å². The molecule has 150 valence electrons. The molecule has 4 rings (SSSR count). The molecule has 0 bridgehead atoms. The summed E-state index contributed by atoms with van der Waals surface area (Å²) >= 11 is 0. The molecule has 0 radical (unpaired) electrons. The highest BCUT2D eigenvalue weighted by atomic mass is 16.2. The van der Waals surface area contributed by atoms with Crippen LogP contribution < -0.4 is 5.32 Å². The Balaban J connectivity index is 1.58. The maximum absolute atomic E-state index is 13.3. The number of carbonyl (C=O) groups excluding carboxylic acids is 1. The molecule has 2 heterocycles. The molecule has 1 aromatic carbocycles. The van der Waals surface area contributed by atoms with Crippen LogP contribution in [0.4, 0.5) is 4.79 Å². The fourth-order valence-corrected chi connectivity index (χ4v) is 4.05. The SMILES string of the molecule is Cc1c(CNC(=O)N(Cc2cccnc2)[C@H]2CCCc3ccccc32)cnn1C. The maximum Gasteiger partial charge on any atom is 0.318 e. The third kappa shape index (κ3) is 4.16. The fourth-order valence-electron chi connectivity index (χ4n) is 4.05. The highest BCUT2D eigenvalue weighted by molar-refractivity contribution is 5.75. The van der Waals surface area contributed by atoms with Crippen LogP contribution in [0.15, 0.2) is 55.0 Å². The molecule has 1 aliphatic rings. The molecule has 0 spiro atoms. The van der Waals surface area contributed by atoms with E-state index in [4.69, 9.17) is 0 Å². The zero-order valence-corrected chi connectivity index (χ0v) is 17.0. The lowest BCUT2D eigenvalue weighted by Gasteiger charge is -2.36. The predicted octanol–water partition coefficient (Wildman–Crippen LogP) is 3.91. The van der Waals surface area contributed by atoms with Crippen molar-refractivity contribution in [2.24, 2.45) is 7.05 Å². The molecule has 1 N–H and O–H groups in total. The number of nitrogens with zero attached hydrogens (tertiary/aromatic N) is 4. The second-order valence-electron chi connectivity index (χ2n) is 7.63. The average Bonchev–Trinajstić information content (AvgIpc) is 3.08. The van der Waals surface area contributed by atoms with Crippen molar-refractivity contribution in [3.05, 3.63) is 82.9 Å². The van der Waals surface area contributed by atoms with Crippen LogP contribution in [0.2, 0.25) is 0 Å². The van der Waals surface area contributed by atoms with Crippen molar-refractivity contribution in [3.63, 3.8) is 0 Å². The van der Waals surface area contributed by atoms with Gasteiger partial charge < -0.3 is 10.2 Å². The summed E-state index contributed by atoms with van der Waals surface area (Å²) in [6, 6.07) is 12.4. The lowest BCUT2D eigenvalue weighted by atomic mass is 9.86. The molecule has 6 heteroatoms. The molecular weight excluding hydrogens is 362 g/mol. The molecular formula is C23H27N5O. The van der Waals surface area contributed by atoms with E-state index in [1.807, 2.05) is 48.1 Å². The first kappa shape index (κ1) is 19.2. The van der Waals surface area contributed by atoms with Gasteiger partial charge >= 0.3 is 6.03 Å². The summed E-state index contributed by atoms with van der Waals surface area (Å²) in [5, 5.41) is 7.38. The van der Waals surface area contributed by atoms with Crippen molar-refractivity contribution in [3.8, 4) is 0 Å². The molecule has 0 unspecified atom stereocenters. The van der Waals surface area contributed by atoms with E-state index in [1.54, 1.807) is 6.20 Å². The lowest BCUT2D eigenvalue weighted by Crippen LogP contribution is -2.42. The minimum atomic E-state index is -0.0567. The molecule has 3 aromatic rings. The van der Waals surface area contributed by atoms with E-state index < -0.39 is 0 Å². The Labute approximate surface area is 171 Å². The minimum absolute atomic E-state index is 0.0567. The van der Waals surface area contributed by atoms with Gasteiger partial charge in [-0.05, 0) is 48.9 Å². The maximum atomic E-state index is 13.3. The van der Waals surface area contributed by atoms with Crippen LogP contribution in [-0.4, -0.2) is 25.7 Å². The monoisotopic (exact) mass is 389 g/mol. The third-order valence-corrected chi connectivity index (χ3v) is 5.82. The number of rotatable bonds is 5. The summed E-state index contributed by atoms with van der Waals surface area (Å²) < 4.78 is 1.83. The second kappa shape index (κ2) is 8.47. The Kier molecular flexibility index (Phi) is 5.60. The second-order valence-corrected chi connectivity index (χ2v) is 7.63. The Morgan fingerprint density at radius 1 is 1.24 bits per heavy atom. The van der Waals surface area contributed by atoms with Gasteiger partial charge in [0.25, 0.3) is 0 Å². The standard InChI is InChI=1S/C23H27N5O/c1-17-20(15-26-27(17)2)14-25-23(29)28(16-18-7-6-12-24-13-18)22-11-5-9-19-8-3-4-10-21(19)22/h3-4,6-8,10,12-13,15,22H,5,9,11,14,16H2,1-2H3,(H,25,29)/t22-/m0/s1. The smallest absolute Gasteiger partial charge is 0.318 e. The first-order valence-corrected chi connectivity index (χ1v) is 10.1. The number of fused-ring (bicyclic) bond motifs is 1. The number of hydrogen-bond donors (Lipinski definition) is 1. The van der Waals surface area contributed by atoms with Crippen LogP contribution in [0.1, 0.15) is 46.8 Å². The topological polar surface area (TPSA) is 63.1 Å². The Morgan fingerprint density at radius 3 is 2.86 bits per heavy atom. The number of aryl methyl sites for hydroxylation is 2. The quantitative estimate of drug-likeness (QED) is 0.720. The Morgan fingerprint density at radius 2 is 2.10 bits per heavy atom. The molecule has 2 aromatic heterocycles. The first-order chi connectivity index (χ1) is 14.1. The van der Waals surface area contributed by atoms with Crippen molar-refractivity contribution in [1.82, 2.24) is 25.0 Å². The molecule has 0 fully saturated rings. The van der Waals surface area contributed by atoms with Gasteiger partial charge in [-0.2, -0.15) is 5.10 Å². The highest BCUT2D eigenvalue weighted by Crippen LogP contribution is 2.35. The molecule has 2 amide bonds. The van der Waals surface area contributed by atoms with Crippen LogP contribution in [0.5, 0.6) is 0 Å². The van der Waals surface area contributed by atoms with E-state index in [1.165, 1.54) is 11.1 Å². The minimum Gasteiger partial charge on any atom is -0.334 e. The van der Waals surface area contributed by atoms with E-state index in [2.05, 4.69) is 39.7 Å². The highest BCUT2D eigenvalue weighted by Gasteiger charge is 2.29. The van der Waals surface area contributed by atoms with Crippen molar-refractivity contribution in [1.29, 1.82) is 0 Å². The number of nitrogens with one attached hydrogen (secondary N) is 1. The first-order valence-electron chi connectivity index (χ1n) is 10.1. The van der Waals surface area contributed by atoms with Crippen LogP contribution >= 0.6 is 0 Å². The summed E-state index contributed by atoms with van der Waals surface area (Å²) in [5.74, 6) is 0. The van der Waals surface area contributed by atoms with Gasteiger partial charge in [0.05, 0.1) is 12.2 Å². The molecule has 0 saturated heterocycles. The van der Waals surface area contributed by atoms with Gasteiger partial charge in [-0.25, -0.2) is 4.79 Å². The van der Waals surface area contributed by atoms with E-state index in [0.717, 1.165) is 36.1 Å². The summed E-state index contributed by atoms with van der Waals surface area (Å²) in [6.45, 7) is 3.01. The van der Waals surface area contributed by atoms with Crippen LogP contribution in [0, 0.1) is 6.92 Å². The van der Waals surface area contributed by atoms with Crippen molar-refractivity contribution >= 4 is 6.03 Å². The van der Waals surface area contributed by atoms with Gasteiger partial charge in [0, 0.05) is 43.8 Å². The normalized spacial score (nSPS) is 15.6. The summed E-state index contributed by atoms with van der Waals surface area (Å²) in [5.41, 5.74) is 5.73. The van der Waals surface area contributed by atoms with Crippen molar-refractivity contribution in [2.75, 3.05) is 0 Å². The molecule has 1 aliphatic carbocycles. The van der Waals surface area contributed by atoms with Crippen LogP contribution in [0.3, 0.4) is 0 Å². The van der Waals surface area contributed by atoms with E-state index in [-0.39, 0.29) is 12.1 Å².